The minimum atomic E-state index is -1.95. The fourth-order valence-corrected chi connectivity index (χ4v) is 4.99. The summed E-state index contributed by atoms with van der Waals surface area (Å²) in [4.78, 5) is 27.8. The number of carbonyl (C=O) groups is 2. The zero-order chi connectivity index (χ0) is 18.2. The molecule has 1 N–H and O–H groups in total. The van der Waals surface area contributed by atoms with Gasteiger partial charge in [-0.2, -0.15) is 0 Å². The standard InChI is InChI=1S/C18H25NO6/c1-16(2)13-14(20)24-11-6-8-19-7-5-10(12(11)19)9-23-15(21)17(3,22)18(13,4)25-16/h5,11-13,22H,6-9H2,1-4H3/t11-,12-,13?,17+,18-/m1/s1. The molecule has 4 heterocycles. The summed E-state index contributed by atoms with van der Waals surface area (Å²) in [6.07, 6.45) is 2.51. The Bertz CT molecular complexity index is 668. The topological polar surface area (TPSA) is 85.3 Å². The van der Waals surface area contributed by atoms with Gasteiger partial charge in [0.15, 0.2) is 5.60 Å². The van der Waals surface area contributed by atoms with Crippen LogP contribution in [0.15, 0.2) is 11.6 Å². The predicted octanol–water partition coefficient (Wildman–Crippen LogP) is 0.404. The highest BCUT2D eigenvalue weighted by atomic mass is 16.6. The van der Waals surface area contributed by atoms with E-state index in [1.807, 2.05) is 6.08 Å². The maximum atomic E-state index is 13.0. The molecule has 7 nitrogen and oxygen atoms in total. The van der Waals surface area contributed by atoms with E-state index >= 15 is 0 Å². The summed E-state index contributed by atoms with van der Waals surface area (Å²) in [5.41, 5.74) is -3.24. The van der Waals surface area contributed by atoms with E-state index in [0.29, 0.717) is 0 Å². The molecule has 0 aromatic carbocycles. The number of hydrogen-bond donors (Lipinski definition) is 1. The van der Waals surface area contributed by atoms with Gasteiger partial charge in [0.1, 0.15) is 24.2 Å². The zero-order valence-electron chi connectivity index (χ0n) is 15.1. The molecule has 25 heavy (non-hydrogen) atoms. The summed E-state index contributed by atoms with van der Waals surface area (Å²) in [5, 5.41) is 10.9. The molecule has 5 atom stereocenters. The van der Waals surface area contributed by atoms with Gasteiger partial charge in [-0.05, 0) is 39.7 Å². The van der Waals surface area contributed by atoms with E-state index in [1.54, 1.807) is 20.8 Å². The Labute approximate surface area is 146 Å². The number of nitrogens with zero attached hydrogens (tertiary/aromatic N) is 1. The van der Waals surface area contributed by atoms with Crippen LogP contribution in [-0.2, 0) is 23.8 Å². The number of ether oxygens (including phenoxy) is 3. The molecular formula is C18H25NO6. The zero-order valence-corrected chi connectivity index (χ0v) is 15.1. The smallest absolute Gasteiger partial charge is 0.341 e. The van der Waals surface area contributed by atoms with Crippen molar-refractivity contribution in [3.8, 4) is 0 Å². The molecule has 7 heteroatoms. The third-order valence-electron chi connectivity index (χ3n) is 6.37. The van der Waals surface area contributed by atoms with Gasteiger partial charge in [0, 0.05) is 13.1 Å². The van der Waals surface area contributed by atoms with Gasteiger partial charge in [-0.3, -0.25) is 9.69 Å². The van der Waals surface area contributed by atoms with Crippen LogP contribution in [-0.4, -0.2) is 70.6 Å². The lowest BCUT2D eigenvalue weighted by Crippen LogP contribution is -2.77. The Morgan fingerprint density at radius 1 is 1.24 bits per heavy atom. The van der Waals surface area contributed by atoms with Crippen molar-refractivity contribution in [2.24, 2.45) is 5.92 Å². The number of fused-ring (bicyclic) bond motifs is 1. The Kier molecular flexibility index (Phi) is 3.43. The van der Waals surface area contributed by atoms with Gasteiger partial charge in [-0.15, -0.1) is 0 Å². The quantitative estimate of drug-likeness (QED) is 0.499. The average Bonchev–Trinajstić information content (AvgIpc) is 3.05. The van der Waals surface area contributed by atoms with E-state index in [9.17, 15) is 14.7 Å². The highest BCUT2D eigenvalue weighted by molar-refractivity contribution is 5.85. The predicted molar refractivity (Wildman–Crippen MR) is 86.6 cm³/mol. The number of carbonyl (C=O) groups excluding carboxylic acids is 2. The first-order valence-corrected chi connectivity index (χ1v) is 8.81. The van der Waals surface area contributed by atoms with Crippen molar-refractivity contribution in [3.05, 3.63) is 11.6 Å². The highest BCUT2D eigenvalue weighted by Gasteiger charge is 2.72. The first-order valence-electron chi connectivity index (χ1n) is 8.81. The molecule has 0 bridgehead atoms. The number of rotatable bonds is 0. The second kappa shape index (κ2) is 5.05. The summed E-state index contributed by atoms with van der Waals surface area (Å²) in [7, 11) is 0. The summed E-state index contributed by atoms with van der Waals surface area (Å²) in [5.74, 6) is -1.96. The molecule has 1 unspecified atom stereocenters. The molecular weight excluding hydrogens is 326 g/mol. The number of aliphatic hydroxyl groups is 1. The highest BCUT2D eigenvalue weighted by Crippen LogP contribution is 2.54. The molecule has 0 spiro atoms. The van der Waals surface area contributed by atoms with Gasteiger partial charge in [0.05, 0.1) is 11.6 Å². The third-order valence-corrected chi connectivity index (χ3v) is 6.37. The summed E-state index contributed by atoms with van der Waals surface area (Å²) >= 11 is 0. The lowest BCUT2D eigenvalue weighted by Gasteiger charge is -2.60. The van der Waals surface area contributed by atoms with E-state index in [0.717, 1.165) is 25.1 Å². The largest absolute Gasteiger partial charge is 0.460 e. The van der Waals surface area contributed by atoms with Crippen LogP contribution >= 0.6 is 0 Å². The van der Waals surface area contributed by atoms with Crippen LogP contribution in [0, 0.1) is 5.92 Å². The second-order valence-electron chi connectivity index (χ2n) is 8.38. The lowest BCUT2D eigenvalue weighted by molar-refractivity contribution is -0.345. The van der Waals surface area contributed by atoms with E-state index in [-0.39, 0.29) is 18.8 Å². The Morgan fingerprint density at radius 2 is 1.96 bits per heavy atom. The van der Waals surface area contributed by atoms with Crippen molar-refractivity contribution in [1.29, 1.82) is 0 Å². The van der Waals surface area contributed by atoms with Crippen molar-refractivity contribution < 1.29 is 28.9 Å². The number of cyclic esters (lactones) is 1. The SMILES string of the molecule is CC1(C)O[C@]2(C)C1C(=O)O[C@@H]1CCN3CC=C(COC(=O)[C@]2(C)O)[C@H]13. The van der Waals surface area contributed by atoms with Crippen molar-refractivity contribution in [2.45, 2.75) is 63.1 Å². The number of hydrogen-bond acceptors (Lipinski definition) is 7. The van der Waals surface area contributed by atoms with Gasteiger partial charge < -0.3 is 19.3 Å². The summed E-state index contributed by atoms with van der Waals surface area (Å²) < 4.78 is 17.1. The molecule has 0 aliphatic carbocycles. The molecule has 4 aliphatic heterocycles. The molecule has 0 amide bonds. The Hall–Kier alpha value is -1.44. The van der Waals surface area contributed by atoms with E-state index in [4.69, 9.17) is 14.2 Å². The maximum absolute atomic E-state index is 13.0. The molecule has 138 valence electrons. The lowest BCUT2D eigenvalue weighted by atomic mass is 9.63. The van der Waals surface area contributed by atoms with Gasteiger partial charge >= 0.3 is 11.9 Å². The fraction of sp³-hybridized carbons (Fsp3) is 0.778. The first-order chi connectivity index (χ1) is 11.6. The Morgan fingerprint density at radius 3 is 2.64 bits per heavy atom. The normalized spacial score (nSPS) is 46.1. The van der Waals surface area contributed by atoms with Crippen molar-refractivity contribution >= 4 is 11.9 Å². The van der Waals surface area contributed by atoms with E-state index < -0.39 is 34.7 Å². The maximum Gasteiger partial charge on any atom is 0.341 e. The summed E-state index contributed by atoms with van der Waals surface area (Å²) in [6, 6.07) is -0.0461. The van der Waals surface area contributed by atoms with Crippen LogP contribution in [0.4, 0.5) is 0 Å². The number of esters is 2. The van der Waals surface area contributed by atoms with E-state index in [2.05, 4.69) is 4.90 Å². The van der Waals surface area contributed by atoms with Crippen LogP contribution in [0.1, 0.15) is 34.1 Å². The van der Waals surface area contributed by atoms with Crippen LogP contribution in [0.5, 0.6) is 0 Å². The van der Waals surface area contributed by atoms with Gasteiger partial charge in [0.2, 0.25) is 0 Å². The van der Waals surface area contributed by atoms with Crippen LogP contribution in [0.2, 0.25) is 0 Å². The van der Waals surface area contributed by atoms with Gasteiger partial charge in [0.25, 0.3) is 0 Å². The van der Waals surface area contributed by atoms with Gasteiger partial charge in [-0.1, -0.05) is 6.08 Å². The van der Waals surface area contributed by atoms with Crippen LogP contribution < -0.4 is 0 Å². The van der Waals surface area contributed by atoms with Crippen LogP contribution in [0.25, 0.3) is 0 Å². The molecule has 4 rings (SSSR count). The van der Waals surface area contributed by atoms with E-state index in [1.165, 1.54) is 6.92 Å². The summed E-state index contributed by atoms with van der Waals surface area (Å²) in [6.45, 7) is 8.15. The van der Waals surface area contributed by atoms with Crippen LogP contribution in [0.3, 0.4) is 0 Å². The molecule has 0 aromatic rings. The van der Waals surface area contributed by atoms with Crippen molar-refractivity contribution in [1.82, 2.24) is 4.90 Å². The third kappa shape index (κ3) is 2.15. The molecule has 0 saturated carbocycles. The average molecular weight is 351 g/mol. The molecule has 3 fully saturated rings. The minimum absolute atomic E-state index is 0.0461. The molecule has 0 radical (unpaired) electrons. The minimum Gasteiger partial charge on any atom is -0.460 e. The van der Waals surface area contributed by atoms with Gasteiger partial charge in [-0.25, -0.2) is 4.79 Å². The molecule has 0 aromatic heterocycles. The fourth-order valence-electron chi connectivity index (χ4n) is 4.99. The molecule has 4 aliphatic rings. The van der Waals surface area contributed by atoms with Crippen molar-refractivity contribution in [2.75, 3.05) is 19.7 Å². The second-order valence-corrected chi connectivity index (χ2v) is 8.38. The first kappa shape index (κ1) is 17.0. The molecule has 3 saturated heterocycles. The monoisotopic (exact) mass is 351 g/mol. The Balaban J connectivity index is 1.74. The van der Waals surface area contributed by atoms with Crippen molar-refractivity contribution in [3.63, 3.8) is 0 Å².